The second-order valence-corrected chi connectivity index (χ2v) is 7.77. The Balaban J connectivity index is 1.43. The van der Waals surface area contributed by atoms with Gasteiger partial charge in [-0.15, -0.1) is 0 Å². The van der Waals surface area contributed by atoms with E-state index >= 15 is 0 Å². The third-order valence-corrected chi connectivity index (χ3v) is 5.89. The molecule has 158 valence electrons. The molecule has 0 atom stereocenters. The summed E-state index contributed by atoms with van der Waals surface area (Å²) < 4.78 is 7.12. The molecule has 6 rings (SSSR count). The fraction of sp³-hybridized carbons (Fsp3) is 0.167. The summed E-state index contributed by atoms with van der Waals surface area (Å²) in [5.74, 6) is -0.0140. The second kappa shape index (κ2) is 7.58. The molecule has 0 saturated carbocycles. The fourth-order valence-electron chi connectivity index (χ4n) is 4.18. The van der Waals surface area contributed by atoms with Crippen molar-refractivity contribution in [2.24, 2.45) is 0 Å². The first kappa shape index (κ1) is 18.7. The number of hydrogen-bond acceptors (Lipinski definition) is 5. The van der Waals surface area contributed by atoms with Gasteiger partial charge in [0, 0.05) is 66.2 Å². The Kier molecular flexibility index (Phi) is 4.43. The molecule has 0 bridgehead atoms. The van der Waals surface area contributed by atoms with Crippen LogP contribution in [-0.4, -0.2) is 61.7 Å². The standard InChI is InChI=1S/C24H20N6O2/c31-24(29-6-8-32-9-7-29)21-15-28-30-5-3-16(11-22(21)30)20-14-27-23-19(20)10-18(13-26-23)17-2-1-4-25-12-17/h1-5,10-15H,6-9H2,(H,26,27). The molecule has 5 aromatic rings. The molecule has 1 amide bonds. The van der Waals surface area contributed by atoms with Gasteiger partial charge in [0.2, 0.25) is 0 Å². The van der Waals surface area contributed by atoms with E-state index in [-0.39, 0.29) is 5.91 Å². The molecule has 8 heteroatoms. The van der Waals surface area contributed by atoms with Crippen molar-refractivity contribution in [1.82, 2.24) is 29.5 Å². The van der Waals surface area contributed by atoms with Crippen LogP contribution in [0.2, 0.25) is 0 Å². The molecule has 0 radical (unpaired) electrons. The van der Waals surface area contributed by atoms with E-state index in [1.807, 2.05) is 54.0 Å². The summed E-state index contributed by atoms with van der Waals surface area (Å²) in [7, 11) is 0. The molecule has 8 nitrogen and oxygen atoms in total. The highest BCUT2D eigenvalue weighted by atomic mass is 16.5. The Bertz CT molecular complexity index is 1430. The van der Waals surface area contributed by atoms with Crippen LogP contribution in [0.1, 0.15) is 10.4 Å². The minimum Gasteiger partial charge on any atom is -0.378 e. The van der Waals surface area contributed by atoms with Gasteiger partial charge in [-0.25, -0.2) is 9.50 Å². The minimum atomic E-state index is -0.0140. The summed E-state index contributed by atoms with van der Waals surface area (Å²) in [6.45, 7) is 2.33. The number of carbonyl (C=O) groups is 1. The minimum absolute atomic E-state index is 0.0140. The van der Waals surface area contributed by atoms with Crippen LogP contribution in [0, 0.1) is 0 Å². The number of nitrogens with zero attached hydrogens (tertiary/aromatic N) is 5. The molecular weight excluding hydrogens is 404 g/mol. The van der Waals surface area contributed by atoms with E-state index in [2.05, 4.69) is 26.1 Å². The molecular formula is C24H20N6O2. The van der Waals surface area contributed by atoms with E-state index in [9.17, 15) is 4.79 Å². The van der Waals surface area contributed by atoms with Crippen LogP contribution < -0.4 is 0 Å². The van der Waals surface area contributed by atoms with Crippen LogP contribution in [0.4, 0.5) is 0 Å². The zero-order chi connectivity index (χ0) is 21.5. The Labute approximate surface area is 183 Å². The van der Waals surface area contributed by atoms with E-state index in [1.165, 1.54) is 0 Å². The largest absolute Gasteiger partial charge is 0.378 e. The van der Waals surface area contributed by atoms with E-state index in [4.69, 9.17) is 4.74 Å². The van der Waals surface area contributed by atoms with Gasteiger partial charge >= 0.3 is 0 Å². The third kappa shape index (κ3) is 3.12. The van der Waals surface area contributed by atoms with Gasteiger partial charge in [-0.05, 0) is 29.8 Å². The number of amides is 1. The van der Waals surface area contributed by atoms with Gasteiger partial charge in [0.1, 0.15) is 5.65 Å². The molecule has 1 aliphatic rings. The van der Waals surface area contributed by atoms with Crippen molar-refractivity contribution >= 4 is 22.5 Å². The smallest absolute Gasteiger partial charge is 0.257 e. The lowest BCUT2D eigenvalue weighted by molar-refractivity contribution is 0.0304. The number of nitrogens with one attached hydrogen (secondary N) is 1. The normalized spacial score (nSPS) is 14.3. The molecule has 1 aliphatic heterocycles. The first-order valence-corrected chi connectivity index (χ1v) is 10.5. The maximum absolute atomic E-state index is 13.1. The number of aromatic nitrogens is 5. The summed E-state index contributed by atoms with van der Waals surface area (Å²) in [6, 6.07) is 10.1. The van der Waals surface area contributed by atoms with Crippen molar-refractivity contribution in [2.75, 3.05) is 26.3 Å². The number of H-pyrrole nitrogens is 1. The van der Waals surface area contributed by atoms with Gasteiger partial charge in [-0.3, -0.25) is 9.78 Å². The van der Waals surface area contributed by atoms with Crippen LogP contribution >= 0.6 is 0 Å². The predicted molar refractivity (Wildman–Crippen MR) is 120 cm³/mol. The van der Waals surface area contributed by atoms with Crippen LogP contribution in [-0.2, 0) is 4.74 Å². The van der Waals surface area contributed by atoms with Crippen LogP contribution in [0.5, 0.6) is 0 Å². The summed E-state index contributed by atoms with van der Waals surface area (Å²) >= 11 is 0. The number of carbonyl (C=O) groups excluding carboxylic acids is 1. The first-order chi connectivity index (χ1) is 15.8. The van der Waals surface area contributed by atoms with Gasteiger partial charge in [0.05, 0.1) is 30.5 Å². The number of aromatic amines is 1. The molecule has 5 aromatic heterocycles. The molecule has 1 saturated heterocycles. The van der Waals surface area contributed by atoms with E-state index < -0.39 is 0 Å². The monoisotopic (exact) mass is 424 g/mol. The number of ether oxygens (including phenoxy) is 1. The van der Waals surface area contributed by atoms with Crippen molar-refractivity contribution in [3.63, 3.8) is 0 Å². The maximum Gasteiger partial charge on any atom is 0.257 e. The van der Waals surface area contributed by atoms with Gasteiger partial charge in [0.25, 0.3) is 5.91 Å². The molecule has 0 aromatic carbocycles. The lowest BCUT2D eigenvalue weighted by Crippen LogP contribution is -2.40. The lowest BCUT2D eigenvalue weighted by Gasteiger charge is -2.26. The van der Waals surface area contributed by atoms with E-state index in [0.717, 1.165) is 38.8 Å². The molecule has 0 spiro atoms. The quantitative estimate of drug-likeness (QED) is 0.480. The molecule has 6 heterocycles. The van der Waals surface area contributed by atoms with Crippen molar-refractivity contribution < 1.29 is 9.53 Å². The third-order valence-electron chi connectivity index (χ3n) is 5.89. The van der Waals surface area contributed by atoms with E-state index in [1.54, 1.807) is 16.9 Å². The number of rotatable bonds is 3. The lowest BCUT2D eigenvalue weighted by atomic mass is 10.0. The Morgan fingerprint density at radius 3 is 2.78 bits per heavy atom. The summed E-state index contributed by atoms with van der Waals surface area (Å²) in [5.41, 5.74) is 6.22. The van der Waals surface area contributed by atoms with Gasteiger partial charge in [-0.1, -0.05) is 6.07 Å². The fourth-order valence-corrected chi connectivity index (χ4v) is 4.18. The highest BCUT2D eigenvalue weighted by molar-refractivity contribution is 6.02. The average Bonchev–Trinajstić information content (AvgIpc) is 3.48. The molecule has 0 aliphatic carbocycles. The molecule has 32 heavy (non-hydrogen) atoms. The first-order valence-electron chi connectivity index (χ1n) is 10.5. The zero-order valence-corrected chi connectivity index (χ0v) is 17.2. The molecule has 1 fully saturated rings. The summed E-state index contributed by atoms with van der Waals surface area (Å²) in [4.78, 5) is 27.0. The SMILES string of the molecule is O=C(c1cnn2ccc(-c3c[nH]c4ncc(-c5cccnc5)cc34)cc12)N1CCOCC1. The topological polar surface area (TPSA) is 88.4 Å². The Hall–Kier alpha value is -4.04. The van der Waals surface area contributed by atoms with Crippen LogP contribution in [0.15, 0.2) is 67.5 Å². The highest BCUT2D eigenvalue weighted by Gasteiger charge is 2.22. The van der Waals surface area contributed by atoms with Crippen LogP contribution in [0.25, 0.3) is 38.8 Å². The highest BCUT2D eigenvalue weighted by Crippen LogP contribution is 2.32. The number of pyridine rings is 3. The summed E-state index contributed by atoms with van der Waals surface area (Å²) in [6.07, 6.45) is 10.9. The maximum atomic E-state index is 13.1. The zero-order valence-electron chi connectivity index (χ0n) is 17.2. The molecule has 1 N–H and O–H groups in total. The Morgan fingerprint density at radius 2 is 1.94 bits per heavy atom. The number of hydrogen-bond donors (Lipinski definition) is 1. The van der Waals surface area contributed by atoms with Crippen molar-refractivity contribution in [3.8, 4) is 22.3 Å². The van der Waals surface area contributed by atoms with E-state index in [0.29, 0.717) is 31.9 Å². The van der Waals surface area contributed by atoms with Crippen molar-refractivity contribution in [3.05, 3.63) is 73.1 Å². The molecule has 0 unspecified atom stereocenters. The Morgan fingerprint density at radius 1 is 1.03 bits per heavy atom. The van der Waals surface area contributed by atoms with Crippen molar-refractivity contribution in [2.45, 2.75) is 0 Å². The second-order valence-electron chi connectivity index (χ2n) is 7.77. The van der Waals surface area contributed by atoms with Gasteiger partial charge in [-0.2, -0.15) is 5.10 Å². The number of fused-ring (bicyclic) bond motifs is 2. The average molecular weight is 424 g/mol. The summed E-state index contributed by atoms with van der Waals surface area (Å²) in [5, 5.41) is 5.39. The predicted octanol–water partition coefficient (Wildman–Crippen LogP) is 3.41. The van der Waals surface area contributed by atoms with Crippen molar-refractivity contribution in [1.29, 1.82) is 0 Å². The number of morpholine rings is 1. The van der Waals surface area contributed by atoms with Crippen LogP contribution in [0.3, 0.4) is 0 Å². The van der Waals surface area contributed by atoms with Gasteiger partial charge in [0.15, 0.2) is 0 Å². The van der Waals surface area contributed by atoms with Gasteiger partial charge < -0.3 is 14.6 Å².